The highest BCUT2D eigenvalue weighted by atomic mass is 35.5. The maximum atomic E-state index is 13.2. The molecule has 1 aromatic heterocycles. The smallest absolute Gasteiger partial charge is 0.271 e. The third-order valence-corrected chi connectivity index (χ3v) is 5.49. The molecule has 31 heavy (non-hydrogen) atoms. The van der Waals surface area contributed by atoms with Crippen LogP contribution in [0.25, 0.3) is 22.2 Å². The van der Waals surface area contributed by atoms with Gasteiger partial charge < -0.3 is 5.32 Å². The highest BCUT2D eigenvalue weighted by Gasteiger charge is 2.17. The summed E-state index contributed by atoms with van der Waals surface area (Å²) in [6.07, 6.45) is 0. The standard InChI is InChI=1S/C24H18ClN3O3/c1-14-7-8-16(11-15(14)2)23-13-19(18-5-3-4-6-21(18)26-23)24(29)27-22-10-9-17(28(30)31)12-20(22)25/h3-13H,1-2H3,(H,27,29). The van der Waals surface area contributed by atoms with E-state index >= 15 is 0 Å². The second kappa shape index (κ2) is 8.16. The molecular formula is C24H18ClN3O3. The third-order valence-electron chi connectivity index (χ3n) is 5.18. The number of nitro benzene ring substituents is 1. The number of non-ortho nitro benzene ring substituents is 1. The Balaban J connectivity index is 1.78. The molecule has 7 heteroatoms. The van der Waals surface area contributed by atoms with Crippen molar-refractivity contribution < 1.29 is 9.72 Å². The lowest BCUT2D eigenvalue weighted by molar-refractivity contribution is -0.384. The number of nitrogens with one attached hydrogen (secondary N) is 1. The molecular weight excluding hydrogens is 414 g/mol. The quantitative estimate of drug-likeness (QED) is 0.302. The number of hydrogen-bond donors (Lipinski definition) is 1. The van der Waals surface area contributed by atoms with Gasteiger partial charge in [-0.1, -0.05) is 41.9 Å². The summed E-state index contributed by atoms with van der Waals surface area (Å²) >= 11 is 6.15. The number of fused-ring (bicyclic) bond motifs is 1. The van der Waals surface area contributed by atoms with Gasteiger partial charge in [-0.15, -0.1) is 0 Å². The fourth-order valence-electron chi connectivity index (χ4n) is 3.32. The molecule has 1 N–H and O–H groups in total. The highest BCUT2D eigenvalue weighted by Crippen LogP contribution is 2.30. The number of para-hydroxylation sites is 1. The lowest BCUT2D eigenvalue weighted by atomic mass is 10.0. The predicted molar refractivity (Wildman–Crippen MR) is 123 cm³/mol. The van der Waals surface area contributed by atoms with Gasteiger partial charge in [0.05, 0.1) is 32.4 Å². The van der Waals surface area contributed by atoms with Gasteiger partial charge in [0.1, 0.15) is 0 Å². The van der Waals surface area contributed by atoms with Crippen molar-refractivity contribution in [1.82, 2.24) is 4.98 Å². The Morgan fingerprint density at radius 1 is 1.00 bits per heavy atom. The number of hydrogen-bond acceptors (Lipinski definition) is 4. The van der Waals surface area contributed by atoms with E-state index in [-0.39, 0.29) is 16.6 Å². The Morgan fingerprint density at radius 3 is 2.48 bits per heavy atom. The van der Waals surface area contributed by atoms with Crippen molar-refractivity contribution in [3.63, 3.8) is 0 Å². The Bertz CT molecular complexity index is 1350. The molecule has 0 radical (unpaired) electrons. The maximum Gasteiger partial charge on any atom is 0.271 e. The second-order valence-electron chi connectivity index (χ2n) is 7.25. The van der Waals surface area contributed by atoms with E-state index in [0.717, 1.165) is 11.1 Å². The van der Waals surface area contributed by atoms with Crippen LogP contribution in [0.15, 0.2) is 66.7 Å². The molecule has 3 aromatic carbocycles. The molecule has 1 heterocycles. The number of halogens is 1. The topological polar surface area (TPSA) is 85.1 Å². The average molecular weight is 432 g/mol. The van der Waals surface area contributed by atoms with Gasteiger partial charge >= 0.3 is 0 Å². The maximum absolute atomic E-state index is 13.2. The molecule has 0 bridgehead atoms. The van der Waals surface area contributed by atoms with E-state index in [1.807, 2.05) is 56.3 Å². The van der Waals surface area contributed by atoms with Gasteiger partial charge in [-0.05, 0) is 49.2 Å². The van der Waals surface area contributed by atoms with Crippen molar-refractivity contribution in [3.8, 4) is 11.3 Å². The SMILES string of the molecule is Cc1ccc(-c2cc(C(=O)Nc3ccc([N+](=O)[O-])cc3Cl)c3ccccc3n2)cc1C. The molecule has 154 valence electrons. The first-order valence-electron chi connectivity index (χ1n) is 9.56. The second-order valence-corrected chi connectivity index (χ2v) is 7.65. The van der Waals surface area contributed by atoms with Gasteiger partial charge in [-0.25, -0.2) is 4.98 Å². The predicted octanol–water partition coefficient (Wildman–Crippen LogP) is 6.33. The van der Waals surface area contributed by atoms with Gasteiger partial charge in [-0.3, -0.25) is 14.9 Å². The lowest BCUT2D eigenvalue weighted by Crippen LogP contribution is -2.13. The van der Waals surface area contributed by atoms with Crippen LogP contribution in [-0.2, 0) is 0 Å². The fraction of sp³-hybridized carbons (Fsp3) is 0.0833. The fourth-order valence-corrected chi connectivity index (χ4v) is 3.54. The number of pyridine rings is 1. The van der Waals surface area contributed by atoms with Crippen LogP contribution in [0.1, 0.15) is 21.5 Å². The van der Waals surface area contributed by atoms with Crippen LogP contribution in [0.4, 0.5) is 11.4 Å². The molecule has 0 aliphatic rings. The van der Waals surface area contributed by atoms with E-state index in [1.54, 1.807) is 6.07 Å². The van der Waals surface area contributed by atoms with Gasteiger partial charge in [0.25, 0.3) is 11.6 Å². The summed E-state index contributed by atoms with van der Waals surface area (Å²) in [5.41, 5.74) is 5.19. The first kappa shape index (κ1) is 20.5. The molecule has 4 rings (SSSR count). The zero-order valence-electron chi connectivity index (χ0n) is 16.8. The Hall–Kier alpha value is -3.77. The first-order valence-corrected chi connectivity index (χ1v) is 9.94. The molecule has 0 unspecified atom stereocenters. The molecule has 4 aromatic rings. The Kier molecular flexibility index (Phi) is 5.40. The number of nitro groups is 1. The van der Waals surface area contributed by atoms with Crippen LogP contribution in [0.2, 0.25) is 5.02 Å². The number of benzene rings is 3. The summed E-state index contributed by atoms with van der Waals surface area (Å²) in [5, 5.41) is 14.5. The molecule has 0 atom stereocenters. The molecule has 0 aliphatic carbocycles. The Morgan fingerprint density at radius 2 is 1.77 bits per heavy atom. The minimum Gasteiger partial charge on any atom is -0.321 e. The number of aromatic nitrogens is 1. The van der Waals surface area contributed by atoms with E-state index < -0.39 is 4.92 Å². The number of nitrogens with zero attached hydrogens (tertiary/aromatic N) is 2. The molecule has 1 amide bonds. The number of anilines is 1. The summed E-state index contributed by atoms with van der Waals surface area (Å²) in [6.45, 7) is 4.07. The van der Waals surface area contributed by atoms with Crippen LogP contribution < -0.4 is 5.32 Å². The van der Waals surface area contributed by atoms with Crippen LogP contribution in [0, 0.1) is 24.0 Å². The van der Waals surface area contributed by atoms with Crippen LogP contribution in [0.5, 0.6) is 0 Å². The molecule has 0 fully saturated rings. The Labute approximate surface area is 183 Å². The van der Waals surface area contributed by atoms with Crippen LogP contribution in [0.3, 0.4) is 0 Å². The van der Waals surface area contributed by atoms with Gasteiger partial charge in [0, 0.05) is 23.1 Å². The highest BCUT2D eigenvalue weighted by molar-refractivity contribution is 6.34. The van der Waals surface area contributed by atoms with Crippen molar-refractivity contribution in [1.29, 1.82) is 0 Å². The molecule has 0 spiro atoms. The zero-order chi connectivity index (χ0) is 22.1. The molecule has 6 nitrogen and oxygen atoms in total. The minimum atomic E-state index is -0.538. The van der Waals surface area contributed by atoms with Gasteiger partial charge in [0.2, 0.25) is 0 Å². The zero-order valence-corrected chi connectivity index (χ0v) is 17.6. The number of amides is 1. The number of aryl methyl sites for hydroxylation is 2. The minimum absolute atomic E-state index is 0.0929. The van der Waals surface area contributed by atoms with E-state index in [4.69, 9.17) is 16.6 Å². The third kappa shape index (κ3) is 4.11. The van der Waals surface area contributed by atoms with E-state index in [1.165, 1.54) is 23.8 Å². The van der Waals surface area contributed by atoms with E-state index in [2.05, 4.69) is 5.32 Å². The van der Waals surface area contributed by atoms with Crippen molar-refractivity contribution in [2.24, 2.45) is 0 Å². The first-order chi connectivity index (χ1) is 14.8. The molecule has 0 aliphatic heterocycles. The van der Waals surface area contributed by atoms with Crippen molar-refractivity contribution >= 4 is 39.8 Å². The van der Waals surface area contributed by atoms with E-state index in [0.29, 0.717) is 27.8 Å². The summed E-state index contributed by atoms with van der Waals surface area (Å²) in [6, 6.07) is 19.1. The number of rotatable bonds is 4. The molecule has 0 saturated carbocycles. The molecule has 0 saturated heterocycles. The van der Waals surface area contributed by atoms with E-state index in [9.17, 15) is 14.9 Å². The monoisotopic (exact) mass is 431 g/mol. The summed E-state index contributed by atoms with van der Waals surface area (Å²) < 4.78 is 0. The van der Waals surface area contributed by atoms with Crippen molar-refractivity contribution in [3.05, 3.63) is 98.6 Å². The number of carbonyl (C=O) groups is 1. The van der Waals surface area contributed by atoms with Crippen molar-refractivity contribution in [2.75, 3.05) is 5.32 Å². The summed E-state index contributed by atoms with van der Waals surface area (Å²) in [4.78, 5) is 28.3. The summed E-state index contributed by atoms with van der Waals surface area (Å²) in [7, 11) is 0. The normalized spacial score (nSPS) is 10.8. The van der Waals surface area contributed by atoms with Crippen LogP contribution >= 0.6 is 11.6 Å². The number of carbonyl (C=O) groups excluding carboxylic acids is 1. The lowest BCUT2D eigenvalue weighted by Gasteiger charge is -2.12. The van der Waals surface area contributed by atoms with Crippen molar-refractivity contribution in [2.45, 2.75) is 13.8 Å². The average Bonchev–Trinajstić information content (AvgIpc) is 2.76. The summed E-state index contributed by atoms with van der Waals surface area (Å²) in [5.74, 6) is -0.376. The van der Waals surface area contributed by atoms with Crippen LogP contribution in [-0.4, -0.2) is 15.8 Å². The largest absolute Gasteiger partial charge is 0.321 e. The van der Waals surface area contributed by atoms with Gasteiger partial charge in [0.15, 0.2) is 0 Å². The van der Waals surface area contributed by atoms with Gasteiger partial charge in [-0.2, -0.15) is 0 Å².